The summed E-state index contributed by atoms with van der Waals surface area (Å²) in [4.78, 5) is 12.1. The molecule has 1 aliphatic carbocycles. The van der Waals surface area contributed by atoms with Crippen LogP contribution in [0.3, 0.4) is 0 Å². The highest BCUT2D eigenvalue weighted by atomic mass is 16.3. The van der Waals surface area contributed by atoms with Crippen LogP contribution >= 0.6 is 0 Å². The van der Waals surface area contributed by atoms with Crippen molar-refractivity contribution in [3.8, 4) is 0 Å². The third-order valence-corrected chi connectivity index (χ3v) is 4.75. The van der Waals surface area contributed by atoms with Gasteiger partial charge < -0.3 is 9.73 Å². The minimum absolute atomic E-state index is 0.110. The molecule has 1 aliphatic rings. The van der Waals surface area contributed by atoms with Crippen molar-refractivity contribution in [3.63, 3.8) is 0 Å². The first-order chi connectivity index (χ1) is 10.8. The molecule has 1 aromatic carbocycles. The van der Waals surface area contributed by atoms with E-state index >= 15 is 0 Å². The molecule has 22 heavy (non-hydrogen) atoms. The number of nitrogens with one attached hydrogen (secondary N) is 1. The zero-order chi connectivity index (χ0) is 15.3. The molecule has 0 aliphatic heterocycles. The molecule has 116 valence electrons. The first kappa shape index (κ1) is 14.9. The van der Waals surface area contributed by atoms with E-state index in [1.54, 1.807) is 6.26 Å². The van der Waals surface area contributed by atoms with Crippen LogP contribution in [0.15, 0.2) is 53.1 Å². The lowest BCUT2D eigenvalue weighted by atomic mass is 9.79. The normalized spacial score (nSPS) is 16.5. The molecule has 2 aromatic rings. The number of amides is 1. The monoisotopic (exact) mass is 297 g/mol. The average Bonchev–Trinajstić information content (AvgIpc) is 3.24. The topological polar surface area (TPSA) is 42.2 Å². The maximum Gasteiger partial charge on any atom is 0.220 e. The molecule has 3 rings (SSSR count). The highest BCUT2D eigenvalue weighted by molar-refractivity contribution is 5.76. The molecule has 0 atom stereocenters. The van der Waals surface area contributed by atoms with Crippen molar-refractivity contribution < 1.29 is 9.21 Å². The fourth-order valence-electron chi connectivity index (χ4n) is 3.46. The van der Waals surface area contributed by atoms with Gasteiger partial charge in [-0.1, -0.05) is 43.2 Å². The van der Waals surface area contributed by atoms with E-state index in [1.165, 1.54) is 18.4 Å². The zero-order valence-corrected chi connectivity index (χ0v) is 12.9. The van der Waals surface area contributed by atoms with Gasteiger partial charge in [0.1, 0.15) is 5.76 Å². The molecule has 0 spiro atoms. The molecule has 0 radical (unpaired) electrons. The summed E-state index contributed by atoms with van der Waals surface area (Å²) in [5, 5.41) is 3.15. The summed E-state index contributed by atoms with van der Waals surface area (Å²) in [6, 6.07) is 14.4. The molecule has 1 aromatic heterocycles. The lowest BCUT2D eigenvalue weighted by Crippen LogP contribution is -2.39. The first-order valence-corrected chi connectivity index (χ1v) is 8.13. The van der Waals surface area contributed by atoms with Crippen molar-refractivity contribution in [2.75, 3.05) is 6.54 Å². The quantitative estimate of drug-likeness (QED) is 0.880. The van der Waals surface area contributed by atoms with Crippen molar-refractivity contribution >= 4 is 5.91 Å². The van der Waals surface area contributed by atoms with Gasteiger partial charge >= 0.3 is 0 Å². The second-order valence-corrected chi connectivity index (χ2v) is 6.21. The molecule has 3 nitrogen and oxygen atoms in total. The van der Waals surface area contributed by atoms with Gasteiger partial charge in [-0.3, -0.25) is 4.79 Å². The Hall–Kier alpha value is -2.03. The van der Waals surface area contributed by atoms with Crippen LogP contribution in [0.5, 0.6) is 0 Å². The standard InChI is InChI=1S/C19H23NO2/c21-18(11-10-17-9-6-14-22-17)20-15-19(12-4-5-13-19)16-7-2-1-3-8-16/h1-3,6-9,14H,4-5,10-13,15H2,(H,20,21). The van der Waals surface area contributed by atoms with E-state index in [0.717, 1.165) is 25.1 Å². The second kappa shape index (κ2) is 6.82. The van der Waals surface area contributed by atoms with Crippen LogP contribution in [0.25, 0.3) is 0 Å². The van der Waals surface area contributed by atoms with E-state index in [4.69, 9.17) is 4.42 Å². The van der Waals surface area contributed by atoms with Crippen LogP contribution in [0.1, 0.15) is 43.4 Å². The maximum atomic E-state index is 12.1. The van der Waals surface area contributed by atoms with Gasteiger partial charge in [0.15, 0.2) is 0 Å². The van der Waals surface area contributed by atoms with Crippen molar-refractivity contribution in [1.29, 1.82) is 0 Å². The second-order valence-electron chi connectivity index (χ2n) is 6.21. The average molecular weight is 297 g/mol. The summed E-state index contributed by atoms with van der Waals surface area (Å²) in [6.45, 7) is 0.744. The Labute approximate surface area is 131 Å². The molecular formula is C19H23NO2. The van der Waals surface area contributed by atoms with Gasteiger partial charge in [-0.15, -0.1) is 0 Å². The van der Waals surface area contributed by atoms with Gasteiger partial charge in [-0.2, -0.15) is 0 Å². The van der Waals surface area contributed by atoms with Gasteiger partial charge in [0.25, 0.3) is 0 Å². The van der Waals surface area contributed by atoms with Crippen molar-refractivity contribution in [1.82, 2.24) is 5.32 Å². The predicted octanol–water partition coefficient (Wildman–Crippen LogP) is 3.84. The molecule has 0 saturated heterocycles. The van der Waals surface area contributed by atoms with E-state index in [0.29, 0.717) is 12.8 Å². The molecule has 1 saturated carbocycles. The fraction of sp³-hybridized carbons (Fsp3) is 0.421. The Morgan fingerprint density at radius 3 is 2.55 bits per heavy atom. The zero-order valence-electron chi connectivity index (χ0n) is 12.9. The minimum Gasteiger partial charge on any atom is -0.469 e. The largest absolute Gasteiger partial charge is 0.469 e. The molecule has 1 fully saturated rings. The van der Waals surface area contributed by atoms with E-state index in [1.807, 2.05) is 18.2 Å². The number of furan rings is 1. The van der Waals surface area contributed by atoms with Crippen LogP contribution in [-0.2, 0) is 16.6 Å². The molecule has 0 unspecified atom stereocenters. The third kappa shape index (κ3) is 3.41. The molecule has 1 heterocycles. The Morgan fingerprint density at radius 2 is 1.86 bits per heavy atom. The lowest BCUT2D eigenvalue weighted by molar-refractivity contribution is -0.121. The highest BCUT2D eigenvalue weighted by Gasteiger charge is 2.35. The Morgan fingerprint density at radius 1 is 1.09 bits per heavy atom. The van der Waals surface area contributed by atoms with Crippen molar-refractivity contribution in [3.05, 3.63) is 60.1 Å². The number of benzene rings is 1. The van der Waals surface area contributed by atoms with Crippen LogP contribution in [-0.4, -0.2) is 12.5 Å². The molecule has 1 N–H and O–H groups in total. The third-order valence-electron chi connectivity index (χ3n) is 4.75. The molecule has 3 heteroatoms. The number of carbonyl (C=O) groups excluding carboxylic acids is 1. The number of hydrogen-bond acceptors (Lipinski definition) is 2. The first-order valence-electron chi connectivity index (χ1n) is 8.13. The number of aryl methyl sites for hydroxylation is 1. The Kier molecular flexibility index (Phi) is 4.62. The number of carbonyl (C=O) groups is 1. The maximum absolute atomic E-state index is 12.1. The molecular weight excluding hydrogens is 274 g/mol. The predicted molar refractivity (Wildman–Crippen MR) is 86.6 cm³/mol. The minimum atomic E-state index is 0.110. The van der Waals surface area contributed by atoms with Gasteiger partial charge in [0.05, 0.1) is 6.26 Å². The van der Waals surface area contributed by atoms with Crippen LogP contribution in [0.4, 0.5) is 0 Å². The van der Waals surface area contributed by atoms with Gasteiger partial charge in [0.2, 0.25) is 5.91 Å². The summed E-state index contributed by atoms with van der Waals surface area (Å²) < 4.78 is 5.27. The smallest absolute Gasteiger partial charge is 0.220 e. The van der Waals surface area contributed by atoms with E-state index in [-0.39, 0.29) is 11.3 Å². The number of hydrogen-bond donors (Lipinski definition) is 1. The fourth-order valence-corrected chi connectivity index (χ4v) is 3.46. The van der Waals surface area contributed by atoms with E-state index in [2.05, 4.69) is 29.6 Å². The van der Waals surface area contributed by atoms with Crippen LogP contribution in [0.2, 0.25) is 0 Å². The summed E-state index contributed by atoms with van der Waals surface area (Å²) in [7, 11) is 0. The van der Waals surface area contributed by atoms with E-state index < -0.39 is 0 Å². The lowest BCUT2D eigenvalue weighted by Gasteiger charge is -2.30. The Balaban J connectivity index is 1.57. The molecule has 1 amide bonds. The van der Waals surface area contributed by atoms with E-state index in [9.17, 15) is 4.79 Å². The summed E-state index contributed by atoms with van der Waals surface area (Å²) >= 11 is 0. The van der Waals surface area contributed by atoms with Crippen LogP contribution < -0.4 is 5.32 Å². The van der Waals surface area contributed by atoms with Crippen molar-refractivity contribution in [2.45, 2.75) is 43.9 Å². The van der Waals surface area contributed by atoms with Crippen LogP contribution in [0, 0.1) is 0 Å². The van der Waals surface area contributed by atoms with Gasteiger partial charge in [-0.25, -0.2) is 0 Å². The SMILES string of the molecule is O=C(CCc1ccco1)NCC1(c2ccccc2)CCCC1. The summed E-state index contributed by atoms with van der Waals surface area (Å²) in [5.74, 6) is 0.979. The number of rotatable bonds is 6. The highest BCUT2D eigenvalue weighted by Crippen LogP contribution is 2.40. The van der Waals surface area contributed by atoms with Gasteiger partial charge in [0, 0.05) is 24.8 Å². The summed E-state index contributed by atoms with van der Waals surface area (Å²) in [5.41, 5.74) is 1.49. The Bertz CT molecular complexity index is 583. The van der Waals surface area contributed by atoms with Crippen molar-refractivity contribution in [2.24, 2.45) is 0 Å². The molecule has 0 bridgehead atoms. The van der Waals surface area contributed by atoms with Gasteiger partial charge in [-0.05, 0) is 30.5 Å². The summed E-state index contributed by atoms with van der Waals surface area (Å²) in [6.07, 6.45) is 7.62.